The van der Waals surface area contributed by atoms with Crippen molar-refractivity contribution < 1.29 is 71.8 Å². The molecule has 5 fully saturated rings. The normalized spacial score (nSPS) is 15.7. The van der Waals surface area contributed by atoms with Crippen molar-refractivity contribution in [1.82, 2.24) is 78.0 Å². The van der Waals surface area contributed by atoms with E-state index in [0.29, 0.717) is 110 Å². The number of nitrogens with two attached hydrogens (primary N) is 2. The zero-order valence-corrected chi connectivity index (χ0v) is 67.5. The Labute approximate surface area is 666 Å². The standard InChI is InChI=1S/C20H28ClN5O5.C18H24ClN5O5.C15H20ClN5O3.C8H5Cl2N3O.C6H14N2O.C3H7N/c1-5-30-18(27)14-13-22-26-16(12-15(21)23-17(14)26)25(19(28)31-20(2,3)4)7-6-24-8-10-29-11-9-24;1-18(2,3)29-17(27)23(5-4-22-6-8-28-9-7-22)14-10-13(19)21-15-12(16(25)26)11-20-24(14)15;1-2-24-15(22)11-10-18-21-13(9-12(16)19-14(11)21)17-3-4-20-5-7-23-8-6-20;1-4(14)5-3-11-13-7(10)2-6(9)12-8(5)13;7-1-2-8-3-5-9-6-4-8;4-3-1-2-3/h12-13H,5-11H2,1-4H3;10-11H,4-9H2,1-3H3,(H,25,26);9-10,17H,2-8H2,1H3;2-3H,1H3;1-7H2;3H,1-2,4H2. The van der Waals surface area contributed by atoms with Crippen LogP contribution in [0.5, 0.6) is 0 Å². The summed E-state index contributed by atoms with van der Waals surface area (Å²) in [5.74, 6) is -0.988. The highest BCUT2D eigenvalue weighted by atomic mass is 35.5. The van der Waals surface area contributed by atoms with E-state index in [9.17, 15) is 33.9 Å². The van der Waals surface area contributed by atoms with Gasteiger partial charge in [-0.2, -0.15) is 33.9 Å². The molecule has 0 atom stereocenters. The van der Waals surface area contributed by atoms with Gasteiger partial charge in [0, 0.05) is 135 Å². The second-order valence-electron chi connectivity index (χ2n) is 27.3. The SMILES string of the molecule is CC(=O)c1cnn2c(Cl)cc(Cl)nc12.CC(C)(C)OC(=O)N(CCN1CCOCC1)c1cc(Cl)nc2c(C(=O)O)cnn12.CCOC(=O)c1cnn2c(N(CCN3CCOCC3)C(=O)OC(C)(C)C)cc(Cl)nc12.CCOC(=O)c1cnn2c(NCCN3CCOCC3)cc(Cl)nc12.NC1CC1.NCCN1CCOCC1. The molecule has 0 aromatic carbocycles. The third-order valence-corrected chi connectivity index (χ3v) is 17.6. The number of morpholine rings is 4. The molecule has 0 spiro atoms. The second kappa shape index (κ2) is 42.7. The van der Waals surface area contributed by atoms with E-state index in [1.807, 2.05) is 0 Å². The Kier molecular flexibility index (Phi) is 34.1. The number of anilines is 3. The van der Waals surface area contributed by atoms with E-state index in [1.54, 1.807) is 66.0 Å². The van der Waals surface area contributed by atoms with Gasteiger partial charge in [0.05, 0.1) is 96.4 Å². The minimum atomic E-state index is -1.18. The lowest BCUT2D eigenvalue weighted by Crippen LogP contribution is -2.45. The molecule has 8 aromatic rings. The number of halogens is 5. The molecule has 2 amide bonds. The number of ether oxygens (including phenoxy) is 8. The van der Waals surface area contributed by atoms with Gasteiger partial charge in [0.15, 0.2) is 28.4 Å². The van der Waals surface area contributed by atoms with Crippen LogP contribution in [0.25, 0.3) is 22.6 Å². The Balaban J connectivity index is 0.000000180. The number of esters is 2. The Morgan fingerprint density at radius 3 is 1.24 bits per heavy atom. The lowest BCUT2D eigenvalue weighted by molar-refractivity contribution is 0.0371. The summed E-state index contributed by atoms with van der Waals surface area (Å²) in [4.78, 5) is 101. The summed E-state index contributed by atoms with van der Waals surface area (Å²) in [6, 6.07) is 6.74. The van der Waals surface area contributed by atoms with Crippen LogP contribution in [-0.4, -0.2) is 307 Å². The average molecular weight is 1650 g/mol. The molecule has 1 saturated carbocycles. The number of fused-ring (bicyclic) bond motifs is 4. The summed E-state index contributed by atoms with van der Waals surface area (Å²) in [6.07, 6.45) is 6.81. The van der Waals surface area contributed by atoms with Gasteiger partial charge in [-0.15, -0.1) is 0 Å². The molecule has 8 aromatic heterocycles. The van der Waals surface area contributed by atoms with Crippen LogP contribution in [-0.2, 0) is 37.9 Å². The summed E-state index contributed by atoms with van der Waals surface area (Å²) in [7, 11) is 0. The van der Waals surface area contributed by atoms with Crippen molar-refractivity contribution in [2.45, 2.75) is 92.4 Å². The Hall–Kier alpha value is -8.05. The van der Waals surface area contributed by atoms with Crippen LogP contribution in [0.15, 0.2) is 49.1 Å². The molecule has 608 valence electrons. The molecule has 4 saturated heterocycles. The van der Waals surface area contributed by atoms with E-state index >= 15 is 0 Å². The van der Waals surface area contributed by atoms with E-state index in [4.69, 9.17) is 107 Å². The van der Waals surface area contributed by atoms with Gasteiger partial charge in [0.25, 0.3) is 0 Å². The third kappa shape index (κ3) is 27.1. The number of carboxylic acid groups (broad SMARTS) is 1. The number of nitrogens with zero attached hydrogens (tertiary/aromatic N) is 18. The first kappa shape index (κ1) is 88.5. The molecule has 4 aliphatic heterocycles. The lowest BCUT2D eigenvalue weighted by Gasteiger charge is -2.31. The van der Waals surface area contributed by atoms with Gasteiger partial charge in [0.2, 0.25) is 0 Å². The van der Waals surface area contributed by atoms with Gasteiger partial charge in [-0.1, -0.05) is 58.0 Å². The van der Waals surface area contributed by atoms with Crippen LogP contribution in [0.3, 0.4) is 0 Å². The molecule has 1 aliphatic carbocycles. The van der Waals surface area contributed by atoms with Gasteiger partial charge in [-0.3, -0.25) is 34.2 Å². The molecule has 0 radical (unpaired) electrons. The quantitative estimate of drug-likeness (QED) is 0.0245. The number of carbonyl (C=O) groups excluding carboxylic acids is 5. The number of Topliss-reactive ketones (excluding diaryl/α,β-unsaturated/α-hetero) is 1. The van der Waals surface area contributed by atoms with E-state index in [-0.39, 0.29) is 56.1 Å². The van der Waals surface area contributed by atoms with E-state index in [0.717, 1.165) is 105 Å². The summed E-state index contributed by atoms with van der Waals surface area (Å²) in [5.41, 5.74) is 11.0. The Morgan fingerprint density at radius 1 is 0.514 bits per heavy atom. The van der Waals surface area contributed by atoms with Crippen LogP contribution < -0.4 is 26.6 Å². The molecule has 111 heavy (non-hydrogen) atoms. The lowest BCUT2D eigenvalue weighted by atomic mass is 10.2. The smallest absolute Gasteiger partial charge is 0.416 e. The highest BCUT2D eigenvalue weighted by molar-refractivity contribution is 6.33. The number of aromatic nitrogens is 12. The predicted octanol–water partition coefficient (Wildman–Crippen LogP) is 7.71. The predicted molar refractivity (Wildman–Crippen MR) is 417 cm³/mol. The molecule has 6 N–H and O–H groups in total. The molecule has 36 nitrogen and oxygen atoms in total. The van der Waals surface area contributed by atoms with Crippen LogP contribution >= 0.6 is 58.0 Å². The average Bonchev–Trinajstić information content (AvgIpc) is 1.69. The third-order valence-electron chi connectivity index (χ3n) is 16.6. The molecule has 0 bridgehead atoms. The highest BCUT2D eigenvalue weighted by Gasteiger charge is 2.32. The van der Waals surface area contributed by atoms with Crippen LogP contribution in [0.1, 0.15) is 117 Å². The van der Waals surface area contributed by atoms with Crippen molar-refractivity contribution in [1.29, 1.82) is 0 Å². The number of nitrogens with one attached hydrogen (secondary N) is 1. The number of amides is 2. The van der Waals surface area contributed by atoms with Gasteiger partial charge in [0.1, 0.15) is 71.1 Å². The second-order valence-corrected chi connectivity index (χ2v) is 29.3. The van der Waals surface area contributed by atoms with Crippen molar-refractivity contribution in [2.24, 2.45) is 11.5 Å². The van der Waals surface area contributed by atoms with Crippen molar-refractivity contribution in [3.63, 3.8) is 0 Å². The molecule has 12 heterocycles. The molecule has 13 rings (SSSR count). The highest BCUT2D eigenvalue weighted by Crippen LogP contribution is 2.28. The van der Waals surface area contributed by atoms with Gasteiger partial charge >= 0.3 is 30.1 Å². The monoisotopic (exact) mass is 1650 g/mol. The van der Waals surface area contributed by atoms with Crippen molar-refractivity contribution in [2.75, 3.05) is 186 Å². The number of aromatic carboxylic acids is 1. The van der Waals surface area contributed by atoms with Crippen LogP contribution in [0, 0.1) is 0 Å². The van der Waals surface area contributed by atoms with Crippen molar-refractivity contribution in [3.05, 3.63) is 97.1 Å². The minimum absolute atomic E-state index is 0.0513. The maximum atomic E-state index is 13.1. The van der Waals surface area contributed by atoms with Gasteiger partial charge in [-0.05, 0) is 75.2 Å². The van der Waals surface area contributed by atoms with Crippen LogP contribution in [0.4, 0.5) is 27.0 Å². The summed E-state index contributed by atoms with van der Waals surface area (Å²) in [6.45, 7) is 34.3. The van der Waals surface area contributed by atoms with Crippen LogP contribution in [0.2, 0.25) is 25.8 Å². The van der Waals surface area contributed by atoms with Gasteiger partial charge in [-0.25, -0.2) is 48.4 Å². The van der Waals surface area contributed by atoms with E-state index in [1.165, 1.54) is 86.1 Å². The fourth-order valence-corrected chi connectivity index (χ4v) is 11.9. The molecular weight excluding hydrogens is 1550 g/mol. The first-order chi connectivity index (χ1) is 52.9. The minimum Gasteiger partial charge on any atom is -0.477 e. The summed E-state index contributed by atoms with van der Waals surface area (Å²) in [5, 5.41) is 30.2. The van der Waals surface area contributed by atoms with Gasteiger partial charge < -0.3 is 59.8 Å². The number of hydrogen-bond acceptors (Lipinski definition) is 29. The van der Waals surface area contributed by atoms with E-state index in [2.05, 4.69) is 65.2 Å². The summed E-state index contributed by atoms with van der Waals surface area (Å²) < 4.78 is 48.2. The number of carboxylic acids is 1. The molecular formula is C70H98Cl5N21O15. The fraction of sp³-hybridized carbons (Fsp3) is 0.571. The number of rotatable bonds is 20. The molecule has 0 unspecified atom stereocenters. The zero-order valence-electron chi connectivity index (χ0n) is 63.8. The Morgan fingerprint density at radius 2 is 0.856 bits per heavy atom. The maximum absolute atomic E-state index is 13.1. The van der Waals surface area contributed by atoms with E-state index < -0.39 is 41.3 Å². The fourth-order valence-electron chi connectivity index (χ4n) is 10.9. The number of ketones is 1. The zero-order chi connectivity index (χ0) is 80.5. The summed E-state index contributed by atoms with van der Waals surface area (Å²) >= 11 is 30.0. The molecule has 41 heteroatoms. The maximum Gasteiger partial charge on any atom is 0.416 e. The number of hydrogen-bond donors (Lipinski definition) is 4. The van der Waals surface area contributed by atoms with Crippen molar-refractivity contribution in [3.8, 4) is 0 Å². The topological polar surface area (TPSA) is 401 Å². The van der Waals surface area contributed by atoms with Crippen molar-refractivity contribution >= 4 is 134 Å². The largest absolute Gasteiger partial charge is 0.477 e. The first-order valence-electron chi connectivity index (χ1n) is 36.3. The molecule has 5 aliphatic rings. The number of carbonyl (C=O) groups is 6. The Bertz CT molecular complexity index is 4390. The first-order valence-corrected chi connectivity index (χ1v) is 38.2.